The van der Waals surface area contributed by atoms with E-state index in [2.05, 4.69) is 0 Å². The molecule has 0 aliphatic rings. The number of hydrogen-bond donors (Lipinski definition) is 0. The second kappa shape index (κ2) is 8.93. The lowest BCUT2D eigenvalue weighted by Gasteiger charge is -2.12. The zero-order valence-electron chi connectivity index (χ0n) is 16.3. The van der Waals surface area contributed by atoms with Crippen LogP contribution in [-0.4, -0.2) is 20.3 Å². The normalized spacial score (nSPS) is 10.7. The zero-order chi connectivity index (χ0) is 20.9. The number of ether oxygens (including phenoxy) is 3. The van der Waals surface area contributed by atoms with Gasteiger partial charge >= 0.3 is 0 Å². The molecule has 30 heavy (non-hydrogen) atoms. The van der Waals surface area contributed by atoms with Crippen molar-refractivity contribution >= 4 is 22.6 Å². The maximum atomic E-state index is 13.1. The average molecular weight is 423 g/mol. The van der Waals surface area contributed by atoms with Crippen LogP contribution in [0.4, 0.5) is 0 Å². The van der Waals surface area contributed by atoms with Crippen LogP contribution in [0, 0.1) is 0 Å². The van der Waals surface area contributed by atoms with Crippen LogP contribution >= 0.6 is 11.6 Å². The van der Waals surface area contributed by atoms with E-state index in [4.69, 9.17) is 30.2 Å². The molecule has 1 heterocycles. The molecule has 0 saturated carbocycles. The largest absolute Gasteiger partial charge is 0.497 e. The Morgan fingerprint density at radius 3 is 2.30 bits per heavy atom. The van der Waals surface area contributed by atoms with Crippen molar-refractivity contribution in [3.63, 3.8) is 0 Å². The summed E-state index contributed by atoms with van der Waals surface area (Å²) in [6.45, 7) is 0.427. The second-order valence-corrected chi connectivity index (χ2v) is 6.90. The highest BCUT2D eigenvalue weighted by Crippen LogP contribution is 2.31. The highest BCUT2D eigenvalue weighted by Gasteiger charge is 2.18. The SMILES string of the molecule is COc1ccc(OCCOc2c(-c3ccccc3)oc3ccc(Cl)cc3c2=O)cc1. The summed E-state index contributed by atoms with van der Waals surface area (Å²) in [6.07, 6.45) is 0. The van der Waals surface area contributed by atoms with Gasteiger partial charge in [0, 0.05) is 10.6 Å². The fourth-order valence-electron chi connectivity index (χ4n) is 3.04. The minimum atomic E-state index is -0.276. The van der Waals surface area contributed by atoms with Gasteiger partial charge in [-0.2, -0.15) is 0 Å². The molecule has 0 aliphatic heterocycles. The molecule has 6 heteroatoms. The molecule has 0 saturated heterocycles. The summed E-state index contributed by atoms with van der Waals surface area (Å²) in [5.74, 6) is 1.94. The summed E-state index contributed by atoms with van der Waals surface area (Å²) < 4.78 is 22.7. The first-order valence-corrected chi connectivity index (χ1v) is 9.75. The quantitative estimate of drug-likeness (QED) is 0.364. The first-order valence-electron chi connectivity index (χ1n) is 9.37. The van der Waals surface area contributed by atoms with Crippen molar-refractivity contribution in [3.05, 3.63) is 88.0 Å². The summed E-state index contributed by atoms with van der Waals surface area (Å²) >= 11 is 6.07. The Morgan fingerprint density at radius 1 is 0.867 bits per heavy atom. The highest BCUT2D eigenvalue weighted by molar-refractivity contribution is 6.31. The van der Waals surface area contributed by atoms with Crippen molar-refractivity contribution in [2.75, 3.05) is 20.3 Å². The van der Waals surface area contributed by atoms with E-state index in [1.807, 2.05) is 42.5 Å². The van der Waals surface area contributed by atoms with Crippen molar-refractivity contribution in [3.8, 4) is 28.6 Å². The van der Waals surface area contributed by atoms with Gasteiger partial charge in [0.2, 0.25) is 11.2 Å². The van der Waals surface area contributed by atoms with E-state index >= 15 is 0 Å². The Hall–Kier alpha value is -3.44. The minimum absolute atomic E-state index is 0.134. The molecule has 4 rings (SSSR count). The minimum Gasteiger partial charge on any atom is -0.497 e. The van der Waals surface area contributed by atoms with Crippen molar-refractivity contribution in [2.45, 2.75) is 0 Å². The van der Waals surface area contributed by atoms with Gasteiger partial charge in [-0.15, -0.1) is 0 Å². The van der Waals surface area contributed by atoms with E-state index in [0.29, 0.717) is 27.5 Å². The van der Waals surface area contributed by atoms with E-state index in [9.17, 15) is 4.79 Å². The number of hydrogen-bond acceptors (Lipinski definition) is 5. The summed E-state index contributed by atoms with van der Waals surface area (Å²) in [5.41, 5.74) is 0.921. The molecule has 152 valence electrons. The number of rotatable bonds is 7. The lowest BCUT2D eigenvalue weighted by molar-refractivity contribution is 0.214. The van der Waals surface area contributed by atoms with E-state index in [1.54, 1.807) is 37.4 Å². The third-order valence-corrected chi connectivity index (χ3v) is 4.74. The third-order valence-electron chi connectivity index (χ3n) is 4.50. The molecular weight excluding hydrogens is 404 g/mol. The van der Waals surface area contributed by atoms with E-state index < -0.39 is 0 Å². The molecule has 0 amide bonds. The van der Waals surface area contributed by atoms with Gasteiger partial charge in [-0.25, -0.2) is 0 Å². The molecule has 0 fully saturated rings. The van der Waals surface area contributed by atoms with E-state index in [1.165, 1.54) is 0 Å². The molecule has 0 radical (unpaired) electrons. The van der Waals surface area contributed by atoms with Gasteiger partial charge < -0.3 is 18.6 Å². The summed E-state index contributed by atoms with van der Waals surface area (Å²) in [4.78, 5) is 13.1. The van der Waals surface area contributed by atoms with Crippen LogP contribution in [0.1, 0.15) is 0 Å². The lowest BCUT2D eigenvalue weighted by Crippen LogP contribution is -2.15. The van der Waals surface area contributed by atoms with Gasteiger partial charge in [-0.1, -0.05) is 41.9 Å². The predicted octanol–water partition coefficient (Wildman–Crippen LogP) is 5.58. The van der Waals surface area contributed by atoms with Crippen LogP contribution in [0.15, 0.2) is 82.0 Å². The molecule has 5 nitrogen and oxygen atoms in total. The molecule has 3 aromatic carbocycles. The molecule has 1 aromatic heterocycles. The van der Waals surface area contributed by atoms with Gasteiger partial charge in [0.1, 0.15) is 30.3 Å². The number of halogens is 1. The maximum absolute atomic E-state index is 13.1. The lowest BCUT2D eigenvalue weighted by atomic mass is 10.1. The van der Waals surface area contributed by atoms with Crippen LogP contribution < -0.4 is 19.6 Å². The molecular formula is C24H19ClO5. The molecule has 0 aliphatic carbocycles. The van der Waals surface area contributed by atoms with E-state index in [0.717, 1.165) is 11.3 Å². The van der Waals surface area contributed by atoms with Crippen molar-refractivity contribution in [1.82, 2.24) is 0 Å². The van der Waals surface area contributed by atoms with Crippen molar-refractivity contribution in [2.24, 2.45) is 0 Å². The first kappa shape index (κ1) is 19.9. The van der Waals surface area contributed by atoms with Gasteiger partial charge in [0.15, 0.2) is 5.76 Å². The highest BCUT2D eigenvalue weighted by atomic mass is 35.5. The molecule has 0 N–H and O–H groups in total. The molecule has 0 unspecified atom stereocenters. The fourth-order valence-corrected chi connectivity index (χ4v) is 3.21. The Labute approximate surface area is 178 Å². The van der Waals surface area contributed by atoms with Gasteiger partial charge in [-0.3, -0.25) is 4.79 Å². The summed E-state index contributed by atoms with van der Waals surface area (Å²) in [7, 11) is 1.61. The average Bonchev–Trinajstić information content (AvgIpc) is 2.79. The second-order valence-electron chi connectivity index (χ2n) is 6.47. The Kier molecular flexibility index (Phi) is 5.91. The summed E-state index contributed by atoms with van der Waals surface area (Å²) in [6, 6.07) is 21.5. The fraction of sp³-hybridized carbons (Fsp3) is 0.125. The smallest absolute Gasteiger partial charge is 0.235 e. The zero-order valence-corrected chi connectivity index (χ0v) is 17.0. The first-order chi connectivity index (χ1) is 14.7. The third kappa shape index (κ3) is 4.26. The van der Waals surface area contributed by atoms with Crippen LogP contribution in [0.25, 0.3) is 22.3 Å². The summed E-state index contributed by atoms with van der Waals surface area (Å²) in [5, 5.41) is 0.823. The Morgan fingerprint density at radius 2 is 1.57 bits per heavy atom. The van der Waals surface area contributed by atoms with Crippen LogP contribution in [-0.2, 0) is 0 Å². The Balaban J connectivity index is 1.59. The number of benzene rings is 3. The molecule has 0 atom stereocenters. The van der Waals surface area contributed by atoms with Gasteiger partial charge in [0.05, 0.1) is 12.5 Å². The topological polar surface area (TPSA) is 57.9 Å². The van der Waals surface area contributed by atoms with Crippen molar-refractivity contribution < 1.29 is 18.6 Å². The number of methoxy groups -OCH3 is 1. The standard InChI is InChI=1S/C24H19ClO5/c1-27-18-8-10-19(11-9-18)28-13-14-29-24-22(26)20-15-17(25)7-12-21(20)30-23(24)16-5-3-2-4-6-16/h2-12,15H,13-14H2,1H3. The van der Waals surface area contributed by atoms with Crippen LogP contribution in [0.2, 0.25) is 5.02 Å². The molecule has 4 aromatic rings. The predicted molar refractivity (Wildman–Crippen MR) is 117 cm³/mol. The van der Waals surface area contributed by atoms with Crippen LogP contribution in [0.5, 0.6) is 17.2 Å². The number of fused-ring (bicyclic) bond motifs is 1. The van der Waals surface area contributed by atoms with Gasteiger partial charge in [-0.05, 0) is 42.5 Å². The maximum Gasteiger partial charge on any atom is 0.235 e. The molecule has 0 spiro atoms. The van der Waals surface area contributed by atoms with E-state index in [-0.39, 0.29) is 24.4 Å². The van der Waals surface area contributed by atoms with Crippen molar-refractivity contribution in [1.29, 1.82) is 0 Å². The monoisotopic (exact) mass is 422 g/mol. The van der Waals surface area contributed by atoms with Gasteiger partial charge in [0.25, 0.3) is 0 Å². The molecule has 0 bridgehead atoms. The Bertz CT molecular complexity index is 1200. The van der Waals surface area contributed by atoms with Crippen LogP contribution in [0.3, 0.4) is 0 Å².